The van der Waals surface area contributed by atoms with Crippen molar-refractivity contribution in [2.75, 3.05) is 11.5 Å². The van der Waals surface area contributed by atoms with E-state index in [4.69, 9.17) is 0 Å². The molecule has 2 atom stereocenters. The fourth-order valence-corrected chi connectivity index (χ4v) is 3.99. The van der Waals surface area contributed by atoms with Crippen molar-refractivity contribution < 1.29 is 8.42 Å². The van der Waals surface area contributed by atoms with Crippen molar-refractivity contribution in [3.8, 4) is 0 Å². The number of sulfone groups is 1. The van der Waals surface area contributed by atoms with Gasteiger partial charge in [0.2, 0.25) is 0 Å². The maximum atomic E-state index is 11.5. The van der Waals surface area contributed by atoms with E-state index in [9.17, 15) is 8.42 Å². The second-order valence-electron chi connectivity index (χ2n) is 4.75. The van der Waals surface area contributed by atoms with Gasteiger partial charge in [-0.3, -0.25) is 0 Å². The molecule has 1 N–H and O–H groups in total. The van der Waals surface area contributed by atoms with E-state index in [0.717, 1.165) is 12.8 Å². The molecule has 2 rings (SSSR count). The predicted octanol–water partition coefficient (Wildman–Crippen LogP) is 1.91. The van der Waals surface area contributed by atoms with Crippen molar-refractivity contribution in [2.24, 2.45) is 0 Å². The van der Waals surface area contributed by atoms with Crippen LogP contribution in [0.25, 0.3) is 0 Å². The zero-order valence-electron chi connectivity index (χ0n) is 10.1. The normalized spacial score (nSPS) is 25.4. The summed E-state index contributed by atoms with van der Waals surface area (Å²) in [6.07, 6.45) is 1.73. The molecule has 2 unspecified atom stereocenters. The maximum Gasteiger partial charge on any atom is 0.151 e. The summed E-state index contributed by atoms with van der Waals surface area (Å²) in [5, 5.41) is 3.41. The Bertz CT molecular complexity index is 456. The Morgan fingerprint density at radius 3 is 2.65 bits per heavy atom. The lowest BCUT2D eigenvalue weighted by Crippen LogP contribution is -2.41. The molecule has 0 saturated carbocycles. The van der Waals surface area contributed by atoms with Gasteiger partial charge in [-0.05, 0) is 25.3 Å². The highest BCUT2D eigenvalue weighted by molar-refractivity contribution is 7.91. The topological polar surface area (TPSA) is 46.2 Å². The van der Waals surface area contributed by atoms with E-state index in [1.807, 2.05) is 18.2 Å². The third kappa shape index (κ3) is 3.54. The molecule has 0 amide bonds. The smallest absolute Gasteiger partial charge is 0.151 e. The van der Waals surface area contributed by atoms with E-state index in [1.54, 1.807) is 0 Å². The Hall–Kier alpha value is -0.870. The van der Waals surface area contributed by atoms with Crippen LogP contribution in [0.1, 0.15) is 31.4 Å². The largest absolute Gasteiger partial charge is 0.306 e. The van der Waals surface area contributed by atoms with Gasteiger partial charge in [0.15, 0.2) is 9.84 Å². The van der Waals surface area contributed by atoms with Crippen molar-refractivity contribution >= 4 is 9.84 Å². The van der Waals surface area contributed by atoms with Crippen LogP contribution < -0.4 is 5.32 Å². The molecule has 1 aliphatic rings. The van der Waals surface area contributed by atoms with Crippen LogP contribution in [0.4, 0.5) is 0 Å². The van der Waals surface area contributed by atoms with Gasteiger partial charge in [-0.25, -0.2) is 8.42 Å². The van der Waals surface area contributed by atoms with E-state index < -0.39 is 9.84 Å². The summed E-state index contributed by atoms with van der Waals surface area (Å²) in [6, 6.07) is 10.4. The molecule has 0 aromatic heterocycles. The van der Waals surface area contributed by atoms with Crippen molar-refractivity contribution in [1.29, 1.82) is 0 Å². The van der Waals surface area contributed by atoms with E-state index >= 15 is 0 Å². The average molecular weight is 253 g/mol. The van der Waals surface area contributed by atoms with Crippen LogP contribution in [0.5, 0.6) is 0 Å². The van der Waals surface area contributed by atoms with Crippen molar-refractivity contribution in [3.05, 3.63) is 35.9 Å². The van der Waals surface area contributed by atoms with Gasteiger partial charge in [-0.2, -0.15) is 0 Å². The molecule has 1 aromatic carbocycles. The van der Waals surface area contributed by atoms with E-state index in [0.29, 0.717) is 5.75 Å². The molecule has 1 fully saturated rings. The van der Waals surface area contributed by atoms with E-state index in [2.05, 4.69) is 24.4 Å². The Morgan fingerprint density at radius 2 is 2.00 bits per heavy atom. The van der Waals surface area contributed by atoms with Crippen LogP contribution in [0.3, 0.4) is 0 Å². The van der Waals surface area contributed by atoms with Gasteiger partial charge in [0.1, 0.15) is 0 Å². The Morgan fingerprint density at radius 1 is 1.29 bits per heavy atom. The highest BCUT2D eigenvalue weighted by atomic mass is 32.2. The van der Waals surface area contributed by atoms with Crippen LogP contribution >= 0.6 is 0 Å². The summed E-state index contributed by atoms with van der Waals surface area (Å²) in [5.41, 5.74) is 1.20. The third-order valence-corrected chi connectivity index (χ3v) is 5.07. The summed E-state index contributed by atoms with van der Waals surface area (Å²) in [5.74, 6) is 0.634. The standard InChI is InChI=1S/C13H19NO2S/c1-11(12-6-3-2-4-7-12)14-13-8-5-9-17(15,16)10-13/h2-4,6-7,11,13-14H,5,8-10H2,1H3. The summed E-state index contributed by atoms with van der Waals surface area (Å²) >= 11 is 0. The second kappa shape index (κ2) is 5.19. The first-order chi connectivity index (χ1) is 8.07. The Balaban J connectivity index is 1.97. The number of nitrogens with one attached hydrogen (secondary N) is 1. The first kappa shape index (κ1) is 12.6. The highest BCUT2D eigenvalue weighted by Crippen LogP contribution is 2.17. The summed E-state index contributed by atoms with van der Waals surface area (Å²) in [4.78, 5) is 0. The molecule has 3 nitrogen and oxygen atoms in total. The lowest BCUT2D eigenvalue weighted by Gasteiger charge is -2.26. The first-order valence-electron chi connectivity index (χ1n) is 6.08. The Kier molecular flexibility index (Phi) is 3.84. The zero-order chi connectivity index (χ0) is 12.3. The Labute approximate surface area is 103 Å². The summed E-state index contributed by atoms with van der Waals surface area (Å²) in [6.45, 7) is 2.08. The number of hydrogen-bond acceptors (Lipinski definition) is 3. The fourth-order valence-electron chi connectivity index (χ4n) is 2.35. The molecule has 4 heteroatoms. The van der Waals surface area contributed by atoms with Gasteiger partial charge in [-0.1, -0.05) is 30.3 Å². The van der Waals surface area contributed by atoms with Gasteiger partial charge in [0, 0.05) is 12.1 Å². The maximum absolute atomic E-state index is 11.5. The minimum Gasteiger partial charge on any atom is -0.306 e. The number of benzene rings is 1. The van der Waals surface area contributed by atoms with E-state index in [1.165, 1.54) is 5.56 Å². The molecule has 0 spiro atoms. The molecule has 94 valence electrons. The molecular weight excluding hydrogens is 234 g/mol. The SMILES string of the molecule is CC(NC1CCCS(=O)(=O)C1)c1ccccc1. The van der Waals surface area contributed by atoms with Crippen LogP contribution in [0.15, 0.2) is 30.3 Å². The lowest BCUT2D eigenvalue weighted by atomic mass is 10.1. The van der Waals surface area contributed by atoms with Gasteiger partial charge >= 0.3 is 0 Å². The molecule has 1 saturated heterocycles. The molecule has 1 aliphatic heterocycles. The predicted molar refractivity (Wildman–Crippen MR) is 69.7 cm³/mol. The van der Waals surface area contributed by atoms with Crippen molar-refractivity contribution in [3.63, 3.8) is 0 Å². The fraction of sp³-hybridized carbons (Fsp3) is 0.538. The van der Waals surface area contributed by atoms with Crippen LogP contribution in [-0.4, -0.2) is 26.0 Å². The number of hydrogen-bond donors (Lipinski definition) is 1. The van der Waals surface area contributed by atoms with Gasteiger partial charge in [-0.15, -0.1) is 0 Å². The van der Waals surface area contributed by atoms with Gasteiger partial charge < -0.3 is 5.32 Å². The van der Waals surface area contributed by atoms with Crippen LogP contribution in [-0.2, 0) is 9.84 Å². The third-order valence-electron chi connectivity index (χ3n) is 3.25. The first-order valence-corrected chi connectivity index (χ1v) is 7.90. The molecule has 0 aliphatic carbocycles. The average Bonchev–Trinajstić information content (AvgIpc) is 2.29. The molecule has 0 bridgehead atoms. The van der Waals surface area contributed by atoms with Crippen LogP contribution in [0, 0.1) is 0 Å². The molecule has 17 heavy (non-hydrogen) atoms. The lowest BCUT2D eigenvalue weighted by molar-refractivity contribution is 0.437. The van der Waals surface area contributed by atoms with Crippen molar-refractivity contribution in [1.82, 2.24) is 5.32 Å². The van der Waals surface area contributed by atoms with Gasteiger partial charge in [0.05, 0.1) is 11.5 Å². The molecular formula is C13H19NO2S. The van der Waals surface area contributed by atoms with Crippen LogP contribution in [0.2, 0.25) is 0 Å². The highest BCUT2D eigenvalue weighted by Gasteiger charge is 2.25. The quantitative estimate of drug-likeness (QED) is 0.895. The minimum absolute atomic E-state index is 0.101. The molecule has 0 radical (unpaired) electrons. The van der Waals surface area contributed by atoms with Crippen molar-refractivity contribution in [2.45, 2.75) is 31.8 Å². The zero-order valence-corrected chi connectivity index (χ0v) is 10.9. The minimum atomic E-state index is -2.82. The second-order valence-corrected chi connectivity index (χ2v) is 6.98. The summed E-state index contributed by atoms with van der Waals surface area (Å²) in [7, 11) is -2.82. The molecule has 1 heterocycles. The number of rotatable bonds is 3. The summed E-state index contributed by atoms with van der Waals surface area (Å²) < 4.78 is 23.1. The van der Waals surface area contributed by atoms with E-state index in [-0.39, 0.29) is 17.8 Å². The van der Waals surface area contributed by atoms with Gasteiger partial charge in [0.25, 0.3) is 0 Å². The molecule has 1 aromatic rings. The monoisotopic (exact) mass is 253 g/mol.